The van der Waals surface area contributed by atoms with Crippen molar-refractivity contribution in [2.45, 2.75) is 19.4 Å². The molecule has 5 heteroatoms. The molecule has 0 fully saturated rings. The second kappa shape index (κ2) is 7.31. The molecule has 2 rings (SSSR count). The van der Waals surface area contributed by atoms with Gasteiger partial charge < -0.3 is 10.6 Å². The maximum atomic E-state index is 11.8. The summed E-state index contributed by atoms with van der Waals surface area (Å²) in [4.78, 5) is 13.1. The Balaban J connectivity index is 1.74. The van der Waals surface area contributed by atoms with Crippen LogP contribution >= 0.6 is 22.9 Å². The first-order valence-electron chi connectivity index (χ1n) is 6.47. The summed E-state index contributed by atoms with van der Waals surface area (Å²) in [5.74, 6) is 0. The van der Waals surface area contributed by atoms with Crippen molar-refractivity contribution < 1.29 is 4.79 Å². The average Bonchev–Trinajstić information content (AvgIpc) is 2.92. The number of carbonyl (C=O) groups excluding carboxylic acids is 1. The van der Waals surface area contributed by atoms with E-state index in [4.69, 9.17) is 11.6 Å². The Kier molecular flexibility index (Phi) is 5.44. The zero-order valence-electron chi connectivity index (χ0n) is 11.2. The van der Waals surface area contributed by atoms with E-state index in [0.717, 1.165) is 12.0 Å². The molecule has 1 atom stereocenters. The van der Waals surface area contributed by atoms with Crippen LogP contribution in [0.4, 0.5) is 4.79 Å². The number of thiophene rings is 1. The fourth-order valence-corrected chi connectivity index (χ4v) is 2.67. The number of amides is 2. The third-order valence-corrected chi connectivity index (χ3v) is 4.14. The lowest BCUT2D eigenvalue weighted by Gasteiger charge is -2.15. The number of hydrogen-bond donors (Lipinski definition) is 2. The van der Waals surface area contributed by atoms with E-state index < -0.39 is 0 Å². The molecule has 0 radical (unpaired) electrons. The topological polar surface area (TPSA) is 41.1 Å². The normalized spacial score (nSPS) is 11.9. The highest BCUT2D eigenvalue weighted by Crippen LogP contribution is 2.15. The minimum absolute atomic E-state index is 0.0472. The molecule has 0 aliphatic rings. The predicted molar refractivity (Wildman–Crippen MR) is 84.4 cm³/mol. The highest BCUT2D eigenvalue weighted by atomic mass is 35.5. The van der Waals surface area contributed by atoms with Crippen molar-refractivity contribution >= 4 is 29.0 Å². The summed E-state index contributed by atoms with van der Waals surface area (Å²) in [6, 6.07) is 11.4. The third-order valence-electron chi connectivity index (χ3n) is 2.95. The molecular weight excluding hydrogens is 292 g/mol. The summed E-state index contributed by atoms with van der Waals surface area (Å²) in [7, 11) is 0. The molecule has 2 aromatic rings. The summed E-state index contributed by atoms with van der Waals surface area (Å²) in [5, 5.41) is 8.50. The van der Waals surface area contributed by atoms with Crippen LogP contribution in [-0.2, 0) is 6.42 Å². The van der Waals surface area contributed by atoms with Crippen molar-refractivity contribution in [2.75, 3.05) is 6.54 Å². The Morgan fingerprint density at radius 3 is 2.70 bits per heavy atom. The summed E-state index contributed by atoms with van der Waals surface area (Å²) < 4.78 is 0. The van der Waals surface area contributed by atoms with Crippen LogP contribution in [0.3, 0.4) is 0 Å². The van der Waals surface area contributed by atoms with E-state index in [1.54, 1.807) is 11.3 Å². The van der Waals surface area contributed by atoms with E-state index in [0.29, 0.717) is 11.6 Å². The van der Waals surface area contributed by atoms with Crippen molar-refractivity contribution in [3.05, 3.63) is 57.2 Å². The molecule has 2 amide bonds. The van der Waals surface area contributed by atoms with E-state index >= 15 is 0 Å². The summed E-state index contributed by atoms with van der Waals surface area (Å²) in [6.45, 7) is 2.59. The molecule has 106 valence electrons. The standard InChI is InChI=1S/C15H17ClN2OS/c1-11(12-4-6-13(16)7-5-12)18-15(19)17-9-8-14-3-2-10-20-14/h2-7,10-11H,8-9H2,1H3,(H2,17,18,19)/t11-/m0/s1. The molecule has 20 heavy (non-hydrogen) atoms. The third kappa shape index (κ3) is 4.54. The molecule has 0 saturated carbocycles. The molecule has 0 unspecified atom stereocenters. The number of halogens is 1. The van der Waals surface area contributed by atoms with Gasteiger partial charge in [-0.3, -0.25) is 0 Å². The van der Waals surface area contributed by atoms with Crippen LogP contribution in [0, 0.1) is 0 Å². The van der Waals surface area contributed by atoms with Gasteiger partial charge in [0, 0.05) is 16.4 Å². The van der Waals surface area contributed by atoms with Crippen LogP contribution in [0.1, 0.15) is 23.4 Å². The fourth-order valence-electron chi connectivity index (χ4n) is 1.84. The number of urea groups is 1. The van der Waals surface area contributed by atoms with Gasteiger partial charge in [0.2, 0.25) is 0 Å². The zero-order chi connectivity index (χ0) is 14.4. The van der Waals surface area contributed by atoms with Crippen LogP contribution in [0.15, 0.2) is 41.8 Å². The highest BCUT2D eigenvalue weighted by Gasteiger charge is 2.08. The molecule has 0 aliphatic heterocycles. The summed E-state index contributed by atoms with van der Waals surface area (Å²) in [5.41, 5.74) is 1.03. The van der Waals surface area contributed by atoms with Gasteiger partial charge in [0.25, 0.3) is 0 Å². The highest BCUT2D eigenvalue weighted by molar-refractivity contribution is 7.09. The van der Waals surface area contributed by atoms with Gasteiger partial charge >= 0.3 is 6.03 Å². The zero-order valence-corrected chi connectivity index (χ0v) is 12.8. The number of hydrogen-bond acceptors (Lipinski definition) is 2. The van der Waals surface area contributed by atoms with Crippen molar-refractivity contribution in [2.24, 2.45) is 0 Å². The van der Waals surface area contributed by atoms with E-state index in [-0.39, 0.29) is 12.1 Å². The second-order valence-corrected chi connectivity index (χ2v) is 5.97. The van der Waals surface area contributed by atoms with Gasteiger partial charge in [-0.15, -0.1) is 11.3 Å². The van der Waals surface area contributed by atoms with Crippen molar-refractivity contribution in [3.63, 3.8) is 0 Å². The first-order chi connectivity index (χ1) is 9.65. The van der Waals surface area contributed by atoms with E-state index in [2.05, 4.69) is 16.7 Å². The van der Waals surface area contributed by atoms with Gasteiger partial charge in [0.05, 0.1) is 6.04 Å². The molecule has 3 nitrogen and oxygen atoms in total. The molecule has 1 aromatic carbocycles. The summed E-state index contributed by atoms with van der Waals surface area (Å²) >= 11 is 7.54. The first-order valence-corrected chi connectivity index (χ1v) is 7.73. The predicted octanol–water partition coefficient (Wildman–Crippen LogP) is 4.00. The Bertz CT molecular complexity index is 540. The second-order valence-electron chi connectivity index (χ2n) is 4.50. The molecule has 0 spiro atoms. The minimum atomic E-state index is -0.149. The smallest absolute Gasteiger partial charge is 0.315 e. The van der Waals surface area contributed by atoms with Crippen LogP contribution in [-0.4, -0.2) is 12.6 Å². The number of carbonyl (C=O) groups is 1. The van der Waals surface area contributed by atoms with E-state index in [1.807, 2.05) is 42.6 Å². The van der Waals surface area contributed by atoms with Gasteiger partial charge in [-0.1, -0.05) is 29.8 Å². The lowest BCUT2D eigenvalue weighted by molar-refractivity contribution is 0.238. The Labute approximate surface area is 128 Å². The molecule has 0 aliphatic carbocycles. The van der Waals surface area contributed by atoms with Gasteiger partial charge in [-0.2, -0.15) is 0 Å². The largest absolute Gasteiger partial charge is 0.338 e. The van der Waals surface area contributed by atoms with Gasteiger partial charge in [-0.05, 0) is 42.5 Å². The lowest BCUT2D eigenvalue weighted by Crippen LogP contribution is -2.37. The van der Waals surface area contributed by atoms with Crippen LogP contribution in [0.2, 0.25) is 5.02 Å². The molecule has 1 heterocycles. The SMILES string of the molecule is C[C@H](NC(=O)NCCc1cccs1)c1ccc(Cl)cc1. The average molecular weight is 309 g/mol. The molecule has 0 saturated heterocycles. The molecule has 1 aromatic heterocycles. The minimum Gasteiger partial charge on any atom is -0.338 e. The van der Waals surface area contributed by atoms with Crippen LogP contribution in [0.25, 0.3) is 0 Å². The Hall–Kier alpha value is -1.52. The van der Waals surface area contributed by atoms with Gasteiger partial charge in [0.1, 0.15) is 0 Å². The van der Waals surface area contributed by atoms with E-state index in [1.165, 1.54) is 4.88 Å². The van der Waals surface area contributed by atoms with Crippen molar-refractivity contribution in [1.82, 2.24) is 10.6 Å². The van der Waals surface area contributed by atoms with Crippen LogP contribution < -0.4 is 10.6 Å². The summed E-state index contributed by atoms with van der Waals surface area (Å²) in [6.07, 6.45) is 0.862. The van der Waals surface area contributed by atoms with Gasteiger partial charge in [0.15, 0.2) is 0 Å². The molecule has 0 bridgehead atoms. The fraction of sp³-hybridized carbons (Fsp3) is 0.267. The van der Waals surface area contributed by atoms with Gasteiger partial charge in [-0.25, -0.2) is 4.79 Å². The monoisotopic (exact) mass is 308 g/mol. The first kappa shape index (κ1) is 14.9. The number of rotatable bonds is 5. The maximum Gasteiger partial charge on any atom is 0.315 e. The maximum absolute atomic E-state index is 11.8. The number of nitrogens with one attached hydrogen (secondary N) is 2. The Morgan fingerprint density at radius 1 is 1.30 bits per heavy atom. The Morgan fingerprint density at radius 2 is 2.05 bits per heavy atom. The number of benzene rings is 1. The van der Waals surface area contributed by atoms with Crippen LogP contribution in [0.5, 0.6) is 0 Å². The van der Waals surface area contributed by atoms with Crippen molar-refractivity contribution in [3.8, 4) is 0 Å². The lowest BCUT2D eigenvalue weighted by atomic mass is 10.1. The quantitative estimate of drug-likeness (QED) is 0.861. The van der Waals surface area contributed by atoms with E-state index in [9.17, 15) is 4.79 Å². The molecular formula is C15H17ClN2OS. The molecule has 2 N–H and O–H groups in total. The van der Waals surface area contributed by atoms with Crippen molar-refractivity contribution in [1.29, 1.82) is 0 Å².